The van der Waals surface area contributed by atoms with Crippen molar-refractivity contribution < 1.29 is 15.0 Å². The fourth-order valence-electron chi connectivity index (χ4n) is 0.346. The normalized spacial score (nSPS) is 10.8. The molecule has 0 aromatic carbocycles. The Kier molecular flexibility index (Phi) is 2.56. The van der Waals surface area contributed by atoms with Crippen molar-refractivity contribution in [2.75, 3.05) is 7.05 Å². The molecule has 0 saturated heterocycles. The molecule has 0 aromatic rings. The largest absolute Gasteiger partial charge is 0.349 e. The molecule has 0 saturated carbocycles. The van der Waals surface area contributed by atoms with E-state index in [0.29, 0.717) is 0 Å². The Morgan fingerprint density at radius 2 is 2.10 bits per heavy atom. The van der Waals surface area contributed by atoms with Crippen LogP contribution in [0.25, 0.3) is 0 Å². The maximum atomic E-state index is 10.6. The summed E-state index contributed by atoms with van der Waals surface area (Å²) >= 11 is 0. The molecule has 4 nitrogen and oxygen atoms in total. The van der Waals surface area contributed by atoms with Gasteiger partial charge in [-0.15, -0.1) is 0 Å². The molecule has 0 bridgehead atoms. The summed E-state index contributed by atoms with van der Waals surface area (Å²) in [5.41, 5.74) is 0. The zero-order chi connectivity index (χ0) is 8.36. The number of hydrogen-bond acceptors (Lipinski definition) is 3. The van der Waals surface area contributed by atoms with Gasteiger partial charge in [0, 0.05) is 14.0 Å². The van der Waals surface area contributed by atoms with Crippen LogP contribution in [0.2, 0.25) is 0 Å². The van der Waals surface area contributed by atoms with Gasteiger partial charge in [-0.25, -0.2) is 0 Å². The molecule has 0 atom stereocenters. The number of amides is 1. The van der Waals surface area contributed by atoms with Gasteiger partial charge in [0.05, 0.1) is 0 Å². The van der Waals surface area contributed by atoms with E-state index in [1.54, 1.807) is 0 Å². The highest BCUT2D eigenvalue weighted by molar-refractivity contribution is 5.87. The average Bonchev–Trinajstić information content (AvgIpc) is 1.83. The summed E-state index contributed by atoms with van der Waals surface area (Å²) in [6, 6.07) is 0. The highest BCUT2D eigenvalue weighted by Crippen LogP contribution is 2.03. The molecule has 0 fully saturated rings. The van der Waals surface area contributed by atoms with E-state index in [9.17, 15) is 4.79 Å². The number of carbonyl (C=O) groups is 1. The van der Waals surface area contributed by atoms with Gasteiger partial charge in [0.2, 0.25) is 11.8 Å². The van der Waals surface area contributed by atoms with E-state index in [2.05, 4.69) is 6.58 Å². The average molecular weight is 145 g/mol. The Balaban J connectivity index is 4.21. The number of aliphatic hydroxyl groups is 2. The van der Waals surface area contributed by atoms with Crippen LogP contribution in [0.5, 0.6) is 0 Å². The third-order valence-corrected chi connectivity index (χ3v) is 1.14. The van der Waals surface area contributed by atoms with Crippen LogP contribution in [0.15, 0.2) is 12.7 Å². The van der Waals surface area contributed by atoms with Gasteiger partial charge in [0.25, 0.3) is 0 Å². The quantitative estimate of drug-likeness (QED) is 0.398. The predicted octanol–water partition coefficient (Wildman–Crippen LogP) is -0.711. The minimum atomic E-state index is -2.11. The van der Waals surface area contributed by atoms with Crippen molar-refractivity contribution in [2.24, 2.45) is 0 Å². The first-order valence-electron chi connectivity index (χ1n) is 2.74. The first-order chi connectivity index (χ1) is 4.39. The SMILES string of the molecule is C=CC(=O)N(C)C(C)(O)O. The van der Waals surface area contributed by atoms with Gasteiger partial charge in [-0.1, -0.05) is 6.58 Å². The summed E-state index contributed by atoms with van der Waals surface area (Å²) in [7, 11) is 1.27. The van der Waals surface area contributed by atoms with Gasteiger partial charge in [0.15, 0.2) is 0 Å². The summed E-state index contributed by atoms with van der Waals surface area (Å²) in [5.74, 6) is -2.64. The first-order valence-corrected chi connectivity index (χ1v) is 2.74. The lowest BCUT2D eigenvalue weighted by Crippen LogP contribution is -2.46. The van der Waals surface area contributed by atoms with Crippen molar-refractivity contribution in [3.8, 4) is 0 Å². The summed E-state index contributed by atoms with van der Waals surface area (Å²) in [6.07, 6.45) is 1.00. The minimum absolute atomic E-state index is 0.535. The molecule has 0 aliphatic rings. The van der Waals surface area contributed by atoms with E-state index >= 15 is 0 Å². The van der Waals surface area contributed by atoms with Gasteiger partial charge in [-0.3, -0.25) is 9.69 Å². The lowest BCUT2D eigenvalue weighted by atomic mass is 10.4. The zero-order valence-corrected chi connectivity index (χ0v) is 6.03. The van der Waals surface area contributed by atoms with Crippen LogP contribution in [-0.4, -0.2) is 34.0 Å². The number of likely N-dealkylation sites (N-methyl/N-ethyl adjacent to an activating group) is 1. The zero-order valence-electron chi connectivity index (χ0n) is 6.03. The Morgan fingerprint density at radius 3 is 2.20 bits per heavy atom. The van der Waals surface area contributed by atoms with Crippen molar-refractivity contribution in [2.45, 2.75) is 12.8 Å². The van der Waals surface area contributed by atoms with Crippen LogP contribution in [-0.2, 0) is 4.79 Å². The molecule has 58 valence electrons. The van der Waals surface area contributed by atoms with E-state index < -0.39 is 11.8 Å². The summed E-state index contributed by atoms with van der Waals surface area (Å²) in [4.78, 5) is 11.4. The van der Waals surface area contributed by atoms with Gasteiger partial charge < -0.3 is 10.2 Å². The van der Waals surface area contributed by atoms with E-state index in [4.69, 9.17) is 10.2 Å². The molecule has 0 aliphatic heterocycles. The van der Waals surface area contributed by atoms with Gasteiger partial charge in [-0.2, -0.15) is 0 Å². The van der Waals surface area contributed by atoms with Crippen LogP contribution >= 0.6 is 0 Å². The standard InChI is InChI=1S/C6H11NO3/c1-4-5(8)7(3)6(2,9)10/h4,9-10H,1H2,2-3H3. The lowest BCUT2D eigenvalue weighted by molar-refractivity contribution is -0.235. The maximum Gasteiger partial charge on any atom is 0.249 e. The Bertz CT molecular complexity index is 148. The fourth-order valence-corrected chi connectivity index (χ4v) is 0.346. The number of hydrogen-bond donors (Lipinski definition) is 2. The van der Waals surface area contributed by atoms with Crippen LogP contribution in [0.4, 0.5) is 0 Å². The lowest BCUT2D eigenvalue weighted by Gasteiger charge is -2.26. The third-order valence-electron chi connectivity index (χ3n) is 1.14. The molecule has 0 heterocycles. The van der Waals surface area contributed by atoms with Crippen molar-refractivity contribution >= 4 is 5.91 Å². The number of rotatable bonds is 2. The van der Waals surface area contributed by atoms with Crippen molar-refractivity contribution in [1.29, 1.82) is 0 Å². The molecule has 0 unspecified atom stereocenters. The first kappa shape index (κ1) is 9.13. The molecular formula is C6H11NO3. The molecule has 0 rings (SSSR count). The van der Waals surface area contributed by atoms with E-state index in [-0.39, 0.29) is 0 Å². The summed E-state index contributed by atoms with van der Waals surface area (Å²) in [6.45, 7) is 4.27. The second-order valence-electron chi connectivity index (χ2n) is 2.07. The molecule has 10 heavy (non-hydrogen) atoms. The molecule has 0 aromatic heterocycles. The van der Waals surface area contributed by atoms with Gasteiger partial charge >= 0.3 is 0 Å². The highest BCUT2D eigenvalue weighted by Gasteiger charge is 2.24. The topological polar surface area (TPSA) is 60.8 Å². The van der Waals surface area contributed by atoms with Gasteiger partial charge in [0.1, 0.15) is 0 Å². The molecule has 0 spiro atoms. The van der Waals surface area contributed by atoms with E-state index in [1.807, 2.05) is 0 Å². The highest BCUT2D eigenvalue weighted by atomic mass is 16.5. The molecule has 0 radical (unpaired) electrons. The number of nitrogens with zero attached hydrogens (tertiary/aromatic N) is 1. The minimum Gasteiger partial charge on any atom is -0.349 e. The maximum absolute atomic E-state index is 10.6. The van der Waals surface area contributed by atoms with Gasteiger partial charge in [-0.05, 0) is 6.08 Å². The van der Waals surface area contributed by atoms with Crippen molar-refractivity contribution in [3.63, 3.8) is 0 Å². The molecule has 1 amide bonds. The molecule has 2 N–H and O–H groups in total. The van der Waals surface area contributed by atoms with Crippen molar-refractivity contribution in [1.82, 2.24) is 4.90 Å². The number of carbonyl (C=O) groups excluding carboxylic acids is 1. The molecule has 4 heteroatoms. The van der Waals surface area contributed by atoms with Crippen LogP contribution in [0.3, 0.4) is 0 Å². The second-order valence-corrected chi connectivity index (χ2v) is 2.07. The predicted molar refractivity (Wildman–Crippen MR) is 35.8 cm³/mol. The third kappa shape index (κ3) is 2.16. The smallest absolute Gasteiger partial charge is 0.249 e. The van der Waals surface area contributed by atoms with Crippen LogP contribution < -0.4 is 0 Å². The summed E-state index contributed by atoms with van der Waals surface area (Å²) < 4.78 is 0. The Hall–Kier alpha value is -0.870. The van der Waals surface area contributed by atoms with Crippen LogP contribution in [0.1, 0.15) is 6.92 Å². The van der Waals surface area contributed by atoms with E-state index in [1.165, 1.54) is 7.05 Å². The summed E-state index contributed by atoms with van der Waals surface area (Å²) in [5, 5.41) is 17.6. The van der Waals surface area contributed by atoms with Crippen LogP contribution in [0, 0.1) is 0 Å². The monoisotopic (exact) mass is 145 g/mol. The molecule has 0 aliphatic carbocycles. The van der Waals surface area contributed by atoms with E-state index in [0.717, 1.165) is 17.9 Å². The fraction of sp³-hybridized carbons (Fsp3) is 0.500. The Labute approximate surface area is 59.4 Å². The van der Waals surface area contributed by atoms with Crippen molar-refractivity contribution in [3.05, 3.63) is 12.7 Å². The molecular weight excluding hydrogens is 134 g/mol. The second kappa shape index (κ2) is 2.81. The Morgan fingerprint density at radius 1 is 1.70 bits per heavy atom.